The van der Waals surface area contributed by atoms with E-state index in [1.807, 2.05) is 121 Å². The Morgan fingerprint density at radius 1 is 0.310 bits per heavy atom. The summed E-state index contributed by atoms with van der Waals surface area (Å²) in [7, 11) is 0. The maximum Gasteiger partial charge on any atom is 0.150 e. The first kappa shape index (κ1) is 26.1. The highest BCUT2D eigenvalue weighted by Crippen LogP contribution is 2.48. The van der Waals surface area contributed by atoms with Crippen molar-refractivity contribution in [2.24, 2.45) is 0 Å². The second-order valence-electron chi connectivity index (χ2n) is 9.54. The van der Waals surface area contributed by atoms with E-state index in [9.17, 15) is 0 Å². The lowest BCUT2D eigenvalue weighted by Crippen LogP contribution is -2.01. The average Bonchev–Trinajstić information content (AvgIpc) is 3.06. The standard InChI is InChI=1S/2C12H9NO.C12H8S2/c2*1-3-7-11-9(5-1)13-10-6-2-4-8-12(10)14-11;1-2-6-10-9(5-1)13-11-7-3-4-8-12(11)14-10/h2*1-8,13H;1-8H. The summed E-state index contributed by atoms with van der Waals surface area (Å²) in [4.78, 5) is 5.49. The molecule has 0 bridgehead atoms. The summed E-state index contributed by atoms with van der Waals surface area (Å²) >= 11 is 3.72. The Morgan fingerprint density at radius 2 is 0.548 bits per heavy atom. The summed E-state index contributed by atoms with van der Waals surface area (Å²) in [6, 6.07) is 48.8. The highest BCUT2D eigenvalue weighted by atomic mass is 32.2. The van der Waals surface area contributed by atoms with Gasteiger partial charge in [-0.15, -0.1) is 0 Å². The molecule has 3 heterocycles. The number of para-hydroxylation sites is 8. The fraction of sp³-hybridized carbons (Fsp3) is 0. The number of hydrogen-bond donors (Lipinski definition) is 2. The summed E-state index contributed by atoms with van der Waals surface area (Å²) in [6.07, 6.45) is 0. The van der Waals surface area contributed by atoms with E-state index >= 15 is 0 Å². The molecule has 0 aliphatic carbocycles. The molecule has 0 saturated heterocycles. The molecule has 0 unspecified atom stereocenters. The van der Waals surface area contributed by atoms with Crippen LogP contribution in [-0.4, -0.2) is 0 Å². The number of ether oxygens (including phenoxy) is 2. The molecule has 9 rings (SSSR count). The Kier molecular flexibility index (Phi) is 7.46. The summed E-state index contributed by atoms with van der Waals surface area (Å²) in [5.74, 6) is 3.52. The molecule has 4 nitrogen and oxygen atoms in total. The summed E-state index contributed by atoms with van der Waals surface area (Å²) in [5, 5.41) is 6.63. The van der Waals surface area contributed by atoms with Crippen LogP contribution in [0.3, 0.4) is 0 Å². The van der Waals surface area contributed by atoms with E-state index in [-0.39, 0.29) is 0 Å². The van der Waals surface area contributed by atoms with Gasteiger partial charge >= 0.3 is 0 Å². The monoisotopic (exact) mass is 582 g/mol. The van der Waals surface area contributed by atoms with Crippen molar-refractivity contribution in [1.82, 2.24) is 0 Å². The van der Waals surface area contributed by atoms with Crippen molar-refractivity contribution in [3.05, 3.63) is 146 Å². The van der Waals surface area contributed by atoms with Crippen LogP contribution in [-0.2, 0) is 0 Å². The third-order valence-corrected chi connectivity index (χ3v) is 9.23. The zero-order chi connectivity index (χ0) is 28.1. The quantitative estimate of drug-likeness (QED) is 0.185. The average molecular weight is 583 g/mol. The van der Waals surface area contributed by atoms with Gasteiger partial charge in [0.2, 0.25) is 0 Å². The van der Waals surface area contributed by atoms with E-state index in [4.69, 9.17) is 9.47 Å². The minimum Gasteiger partial charge on any atom is -0.453 e. The Balaban J connectivity index is 0.000000103. The second kappa shape index (κ2) is 12.0. The molecule has 6 aromatic rings. The van der Waals surface area contributed by atoms with Gasteiger partial charge in [0.1, 0.15) is 0 Å². The van der Waals surface area contributed by atoms with Crippen LogP contribution in [0.1, 0.15) is 0 Å². The van der Waals surface area contributed by atoms with E-state index in [0.717, 1.165) is 45.7 Å². The zero-order valence-corrected chi connectivity index (χ0v) is 24.1. The summed E-state index contributed by atoms with van der Waals surface area (Å²) < 4.78 is 11.4. The van der Waals surface area contributed by atoms with Crippen LogP contribution < -0.4 is 20.1 Å². The molecule has 0 amide bonds. The van der Waals surface area contributed by atoms with Crippen LogP contribution >= 0.6 is 23.5 Å². The summed E-state index contributed by atoms with van der Waals surface area (Å²) in [5.41, 5.74) is 4.08. The van der Waals surface area contributed by atoms with Gasteiger partial charge in [-0.1, -0.05) is 96.3 Å². The molecule has 0 atom stereocenters. The number of rotatable bonds is 0. The third kappa shape index (κ3) is 5.68. The SMILES string of the molecule is c1ccc2c(c1)Nc1ccccc1O2.c1ccc2c(c1)Nc1ccccc1O2.c1ccc2c(c1)Sc1ccccc1S2. The van der Waals surface area contributed by atoms with Gasteiger partial charge in [0.25, 0.3) is 0 Å². The number of fused-ring (bicyclic) bond motifs is 6. The van der Waals surface area contributed by atoms with E-state index in [0.29, 0.717) is 0 Å². The molecule has 0 radical (unpaired) electrons. The first-order valence-electron chi connectivity index (χ1n) is 13.6. The molecular formula is C36H26N2O2S2. The lowest BCUT2D eigenvalue weighted by atomic mass is 10.2. The van der Waals surface area contributed by atoms with Crippen molar-refractivity contribution in [1.29, 1.82) is 0 Å². The second-order valence-corrected chi connectivity index (χ2v) is 11.7. The number of anilines is 4. The number of nitrogens with one attached hydrogen (secondary N) is 2. The molecule has 3 aliphatic heterocycles. The van der Waals surface area contributed by atoms with Crippen LogP contribution in [0, 0.1) is 0 Å². The fourth-order valence-electron chi connectivity index (χ4n) is 4.64. The summed E-state index contributed by atoms with van der Waals surface area (Å²) in [6.45, 7) is 0. The van der Waals surface area contributed by atoms with Gasteiger partial charge in [0.15, 0.2) is 23.0 Å². The van der Waals surface area contributed by atoms with Crippen molar-refractivity contribution in [3.63, 3.8) is 0 Å². The smallest absolute Gasteiger partial charge is 0.150 e. The van der Waals surface area contributed by atoms with Crippen molar-refractivity contribution >= 4 is 46.3 Å². The molecular weight excluding hydrogens is 557 g/mol. The highest BCUT2D eigenvalue weighted by Gasteiger charge is 2.16. The van der Waals surface area contributed by atoms with Gasteiger partial charge in [-0.2, -0.15) is 0 Å². The van der Waals surface area contributed by atoms with Gasteiger partial charge in [-0.25, -0.2) is 0 Å². The van der Waals surface area contributed by atoms with Gasteiger partial charge in [-0.05, 0) is 72.8 Å². The maximum absolute atomic E-state index is 5.71. The van der Waals surface area contributed by atoms with Crippen molar-refractivity contribution in [2.75, 3.05) is 10.6 Å². The van der Waals surface area contributed by atoms with Crippen LogP contribution in [0.4, 0.5) is 22.7 Å². The molecule has 204 valence electrons. The minimum atomic E-state index is 0.881. The molecule has 3 aliphatic rings. The van der Waals surface area contributed by atoms with Gasteiger partial charge in [0.05, 0.1) is 22.7 Å². The largest absolute Gasteiger partial charge is 0.453 e. The molecule has 2 N–H and O–H groups in total. The van der Waals surface area contributed by atoms with Crippen molar-refractivity contribution in [2.45, 2.75) is 19.6 Å². The predicted octanol–water partition coefficient (Wildman–Crippen LogP) is 11.4. The lowest BCUT2D eigenvalue weighted by Gasteiger charge is -2.20. The first-order valence-corrected chi connectivity index (χ1v) is 15.2. The Morgan fingerprint density at radius 3 is 0.833 bits per heavy atom. The molecule has 0 spiro atoms. The third-order valence-electron chi connectivity index (χ3n) is 6.66. The Labute approximate surface area is 253 Å². The maximum atomic E-state index is 5.71. The predicted molar refractivity (Wildman–Crippen MR) is 174 cm³/mol. The topological polar surface area (TPSA) is 42.5 Å². The van der Waals surface area contributed by atoms with E-state index < -0.39 is 0 Å². The zero-order valence-electron chi connectivity index (χ0n) is 22.5. The van der Waals surface area contributed by atoms with Crippen LogP contribution in [0.15, 0.2) is 165 Å². The molecule has 0 fully saturated rings. The van der Waals surface area contributed by atoms with Gasteiger partial charge < -0.3 is 20.1 Å². The molecule has 6 heteroatoms. The molecule has 6 aromatic carbocycles. The molecule has 42 heavy (non-hydrogen) atoms. The van der Waals surface area contributed by atoms with E-state index in [2.05, 4.69) is 59.2 Å². The van der Waals surface area contributed by atoms with Crippen LogP contribution in [0.25, 0.3) is 0 Å². The van der Waals surface area contributed by atoms with Gasteiger partial charge in [0, 0.05) is 19.6 Å². The van der Waals surface area contributed by atoms with Crippen LogP contribution in [0.2, 0.25) is 0 Å². The highest BCUT2D eigenvalue weighted by molar-refractivity contribution is 8.05. The Bertz CT molecular complexity index is 1400. The molecule has 0 aromatic heterocycles. The van der Waals surface area contributed by atoms with Crippen LogP contribution in [0.5, 0.6) is 23.0 Å². The van der Waals surface area contributed by atoms with E-state index in [1.165, 1.54) is 19.6 Å². The van der Waals surface area contributed by atoms with Gasteiger partial charge in [-0.3, -0.25) is 0 Å². The fourth-order valence-corrected chi connectivity index (χ4v) is 6.87. The molecule has 0 saturated carbocycles. The van der Waals surface area contributed by atoms with Crippen molar-refractivity contribution in [3.8, 4) is 23.0 Å². The Hall–Kier alpha value is -4.78. The minimum absolute atomic E-state index is 0.881. The van der Waals surface area contributed by atoms with E-state index in [1.54, 1.807) is 0 Å². The number of benzene rings is 6. The number of hydrogen-bond acceptors (Lipinski definition) is 6. The lowest BCUT2D eigenvalue weighted by molar-refractivity contribution is 0.481. The van der Waals surface area contributed by atoms with Crippen molar-refractivity contribution < 1.29 is 9.47 Å². The first-order chi connectivity index (χ1) is 20.8. The normalized spacial score (nSPS) is 12.4.